The Labute approximate surface area is 184 Å². The first-order chi connectivity index (χ1) is 14.6. The molecule has 1 N–H and O–H groups in total. The third kappa shape index (κ3) is 3.43. The van der Waals surface area contributed by atoms with Crippen LogP contribution in [-0.4, -0.2) is 50.8 Å². The number of benzene rings is 2. The van der Waals surface area contributed by atoms with Crippen molar-refractivity contribution in [2.45, 2.75) is 13.0 Å². The van der Waals surface area contributed by atoms with Crippen LogP contribution >= 0.6 is 22.9 Å². The number of fused-ring (bicyclic) bond motifs is 1. The minimum absolute atomic E-state index is 0.144. The first-order valence-corrected chi connectivity index (χ1v) is 11.1. The third-order valence-electron chi connectivity index (χ3n) is 5.55. The summed E-state index contributed by atoms with van der Waals surface area (Å²) < 4.78 is 1.53. The first-order valence-electron chi connectivity index (χ1n) is 9.95. The summed E-state index contributed by atoms with van der Waals surface area (Å²) in [5.41, 5.74) is 2.23. The average Bonchev–Trinajstić information content (AvgIpc) is 3.28. The van der Waals surface area contributed by atoms with Crippen LogP contribution in [0, 0.1) is 6.92 Å². The number of hydrogen-bond acceptors (Lipinski definition) is 6. The van der Waals surface area contributed by atoms with Gasteiger partial charge in [0.2, 0.25) is 10.8 Å². The number of para-hydroxylation sites is 1. The fourth-order valence-electron chi connectivity index (χ4n) is 4.10. The van der Waals surface area contributed by atoms with E-state index in [1.165, 1.54) is 21.5 Å². The van der Waals surface area contributed by atoms with Crippen LogP contribution in [0.4, 0.5) is 5.69 Å². The summed E-state index contributed by atoms with van der Waals surface area (Å²) in [4.78, 5) is 10.7. The van der Waals surface area contributed by atoms with Gasteiger partial charge in [-0.1, -0.05) is 59.3 Å². The lowest BCUT2D eigenvalue weighted by molar-refractivity contribution is 0.211. The Morgan fingerprint density at radius 2 is 1.70 bits per heavy atom. The van der Waals surface area contributed by atoms with Gasteiger partial charge in [-0.3, -0.25) is 4.90 Å². The summed E-state index contributed by atoms with van der Waals surface area (Å²) in [6.45, 7) is 5.36. The molecule has 154 valence electrons. The average molecular weight is 440 g/mol. The quantitative estimate of drug-likeness (QED) is 0.511. The largest absolute Gasteiger partial charge is 0.492 e. The van der Waals surface area contributed by atoms with E-state index in [0.717, 1.165) is 36.6 Å². The van der Waals surface area contributed by atoms with Gasteiger partial charge in [0.15, 0.2) is 0 Å². The van der Waals surface area contributed by atoms with Crippen molar-refractivity contribution in [3.05, 3.63) is 75.9 Å². The summed E-state index contributed by atoms with van der Waals surface area (Å²) in [7, 11) is 0. The van der Waals surface area contributed by atoms with Crippen molar-refractivity contribution >= 4 is 33.6 Å². The molecular weight excluding hydrogens is 418 g/mol. The molecule has 8 heteroatoms. The monoisotopic (exact) mass is 439 g/mol. The van der Waals surface area contributed by atoms with Crippen LogP contribution in [0.1, 0.15) is 22.3 Å². The van der Waals surface area contributed by atoms with E-state index in [-0.39, 0.29) is 11.9 Å². The van der Waals surface area contributed by atoms with Gasteiger partial charge in [0.25, 0.3) is 0 Å². The normalized spacial score (nSPS) is 16.3. The Morgan fingerprint density at radius 1 is 1.00 bits per heavy atom. The molecule has 1 aliphatic heterocycles. The summed E-state index contributed by atoms with van der Waals surface area (Å²) >= 11 is 8.08. The molecule has 1 atom stereocenters. The second kappa shape index (κ2) is 7.91. The number of anilines is 1. The Kier molecular flexibility index (Phi) is 5.10. The van der Waals surface area contributed by atoms with Crippen molar-refractivity contribution in [2.24, 2.45) is 0 Å². The Balaban J connectivity index is 1.50. The van der Waals surface area contributed by atoms with E-state index < -0.39 is 0 Å². The van der Waals surface area contributed by atoms with Gasteiger partial charge < -0.3 is 10.0 Å². The van der Waals surface area contributed by atoms with Crippen molar-refractivity contribution in [3.8, 4) is 5.88 Å². The highest BCUT2D eigenvalue weighted by Gasteiger charge is 2.32. The smallest absolute Gasteiger partial charge is 0.230 e. The van der Waals surface area contributed by atoms with Gasteiger partial charge in [0.1, 0.15) is 5.82 Å². The van der Waals surface area contributed by atoms with Crippen LogP contribution in [0.15, 0.2) is 54.6 Å². The Bertz CT molecular complexity index is 1170. The van der Waals surface area contributed by atoms with Crippen molar-refractivity contribution in [2.75, 3.05) is 31.1 Å². The fraction of sp³-hybridized carbons (Fsp3) is 0.273. The molecule has 0 saturated carbocycles. The van der Waals surface area contributed by atoms with Gasteiger partial charge in [0.05, 0.1) is 10.9 Å². The van der Waals surface area contributed by atoms with E-state index in [0.29, 0.717) is 15.8 Å². The maximum absolute atomic E-state index is 11.0. The second-order valence-electron chi connectivity index (χ2n) is 7.43. The predicted octanol–water partition coefficient (Wildman–Crippen LogP) is 4.37. The van der Waals surface area contributed by atoms with Gasteiger partial charge in [-0.2, -0.15) is 4.52 Å². The lowest BCUT2D eigenvalue weighted by Gasteiger charge is -2.40. The van der Waals surface area contributed by atoms with Gasteiger partial charge in [-0.15, -0.1) is 5.10 Å². The zero-order chi connectivity index (χ0) is 20.7. The summed E-state index contributed by atoms with van der Waals surface area (Å²) in [5, 5.41) is 16.0. The van der Waals surface area contributed by atoms with Gasteiger partial charge in [-0.05, 0) is 30.7 Å². The number of rotatable bonds is 4. The number of aryl methyl sites for hydroxylation is 1. The number of aromatic nitrogens is 3. The minimum atomic E-state index is -0.148. The molecule has 0 bridgehead atoms. The number of halogens is 1. The van der Waals surface area contributed by atoms with Crippen LogP contribution in [0.3, 0.4) is 0 Å². The van der Waals surface area contributed by atoms with E-state index in [1.54, 1.807) is 0 Å². The van der Waals surface area contributed by atoms with E-state index >= 15 is 0 Å². The van der Waals surface area contributed by atoms with Gasteiger partial charge >= 0.3 is 0 Å². The molecule has 6 nitrogen and oxygen atoms in total. The fourth-order valence-corrected chi connectivity index (χ4v) is 5.50. The van der Waals surface area contributed by atoms with Crippen molar-refractivity contribution < 1.29 is 5.11 Å². The molecule has 3 heterocycles. The number of piperazine rings is 1. The standard InChI is InChI=1S/C22H22ClN5OS/c1-15-24-22-28(25-15)21(29)20(30-22)19(17-9-5-6-10-18(17)23)27-13-11-26(12-14-27)16-7-3-2-4-8-16/h2-10,19,29H,11-14H2,1H3/t19-/m0/s1. The number of hydrogen-bond donors (Lipinski definition) is 1. The predicted molar refractivity (Wildman–Crippen MR) is 121 cm³/mol. The van der Waals surface area contributed by atoms with Gasteiger partial charge in [0, 0.05) is 36.9 Å². The molecule has 30 heavy (non-hydrogen) atoms. The highest BCUT2D eigenvalue weighted by atomic mass is 35.5. The molecule has 5 rings (SSSR count). The van der Waals surface area contributed by atoms with Gasteiger partial charge in [-0.25, -0.2) is 4.98 Å². The number of thiazole rings is 1. The second-order valence-corrected chi connectivity index (χ2v) is 8.84. The van der Waals surface area contributed by atoms with Crippen molar-refractivity contribution in [1.29, 1.82) is 0 Å². The lowest BCUT2D eigenvalue weighted by atomic mass is 10.0. The number of nitrogens with zero attached hydrogens (tertiary/aromatic N) is 5. The number of aromatic hydroxyl groups is 1. The molecule has 1 saturated heterocycles. The molecule has 1 fully saturated rings. The van der Waals surface area contributed by atoms with Crippen molar-refractivity contribution in [3.63, 3.8) is 0 Å². The van der Waals surface area contributed by atoms with Crippen LogP contribution < -0.4 is 4.90 Å². The third-order valence-corrected chi connectivity index (χ3v) is 6.97. The Morgan fingerprint density at radius 3 is 2.40 bits per heavy atom. The van der Waals surface area contributed by atoms with Crippen LogP contribution in [0.5, 0.6) is 5.88 Å². The van der Waals surface area contributed by atoms with Crippen LogP contribution in [-0.2, 0) is 0 Å². The molecule has 0 aliphatic carbocycles. The summed E-state index contributed by atoms with van der Waals surface area (Å²) in [6.07, 6.45) is 0. The molecule has 0 spiro atoms. The topological polar surface area (TPSA) is 56.9 Å². The maximum atomic E-state index is 11.0. The lowest BCUT2D eigenvalue weighted by Crippen LogP contribution is -2.47. The molecule has 4 aromatic rings. The molecule has 2 aromatic carbocycles. The maximum Gasteiger partial charge on any atom is 0.230 e. The van der Waals surface area contributed by atoms with Crippen molar-refractivity contribution in [1.82, 2.24) is 19.5 Å². The Hall–Kier alpha value is -2.61. The molecular formula is C22H22ClN5OS. The van der Waals surface area contributed by atoms with Crippen LogP contribution in [0.2, 0.25) is 5.02 Å². The van der Waals surface area contributed by atoms with E-state index in [1.807, 2.05) is 37.3 Å². The zero-order valence-corrected chi connectivity index (χ0v) is 18.1. The molecule has 1 aliphatic rings. The van der Waals surface area contributed by atoms with E-state index in [2.05, 4.69) is 44.1 Å². The summed E-state index contributed by atoms with van der Waals surface area (Å²) in [6, 6.07) is 18.2. The SMILES string of the molecule is Cc1nc2sc([C@H](c3ccccc3Cl)N3CCN(c4ccccc4)CC3)c(O)n2n1. The van der Waals surface area contributed by atoms with Crippen LogP contribution in [0.25, 0.3) is 4.96 Å². The zero-order valence-electron chi connectivity index (χ0n) is 16.6. The van der Waals surface area contributed by atoms with E-state index in [9.17, 15) is 5.11 Å². The first kappa shape index (κ1) is 19.4. The highest BCUT2D eigenvalue weighted by Crippen LogP contribution is 2.42. The molecule has 2 aromatic heterocycles. The van der Waals surface area contributed by atoms with E-state index in [4.69, 9.17) is 11.6 Å². The minimum Gasteiger partial charge on any atom is -0.492 e. The molecule has 0 radical (unpaired) electrons. The summed E-state index contributed by atoms with van der Waals surface area (Å²) in [5.74, 6) is 0.792. The molecule has 0 unspecified atom stereocenters. The molecule has 0 amide bonds. The highest BCUT2D eigenvalue weighted by molar-refractivity contribution is 7.17.